The largest absolute Gasteiger partial charge is 0.419 e. The van der Waals surface area contributed by atoms with Crippen LogP contribution in [-0.2, 0) is 12.6 Å². The average molecular weight is 530 g/mol. The summed E-state index contributed by atoms with van der Waals surface area (Å²) >= 11 is 0. The third-order valence-corrected chi connectivity index (χ3v) is 6.25. The van der Waals surface area contributed by atoms with E-state index in [1.165, 1.54) is 29.2 Å². The number of likely N-dealkylation sites (tertiary alicyclic amines) is 1. The molecule has 8 nitrogen and oxygen atoms in total. The topological polar surface area (TPSA) is 104 Å². The Morgan fingerprint density at radius 1 is 1.08 bits per heavy atom. The first-order valence-corrected chi connectivity index (χ1v) is 11.5. The number of hydrogen-bond acceptors (Lipinski definition) is 6. The number of amides is 1. The number of halogens is 5. The molecular weight excluding hydrogens is 511 g/mol. The summed E-state index contributed by atoms with van der Waals surface area (Å²) in [4.78, 5) is 33.9. The highest BCUT2D eigenvalue weighted by molar-refractivity contribution is 5.95. The van der Waals surface area contributed by atoms with Gasteiger partial charge in [-0.05, 0) is 42.3 Å². The van der Waals surface area contributed by atoms with Crippen LogP contribution in [0.3, 0.4) is 0 Å². The van der Waals surface area contributed by atoms with Crippen LogP contribution in [0.4, 0.5) is 27.9 Å². The van der Waals surface area contributed by atoms with Crippen molar-refractivity contribution >= 4 is 22.6 Å². The molecule has 2 aromatic heterocycles. The highest BCUT2D eigenvalue weighted by Gasteiger charge is 2.32. The van der Waals surface area contributed by atoms with E-state index in [0.29, 0.717) is 42.0 Å². The SMILES string of the molecule is O=C(c1cc(Cc2n[nH]c(=O)c3cc(F)ccc23)ccc1F)N1CC[C@@H](Nc2ncc(C(F)(F)F)cn2)C1. The highest BCUT2D eigenvalue weighted by atomic mass is 19.4. The lowest BCUT2D eigenvalue weighted by atomic mass is 10.0. The van der Waals surface area contributed by atoms with Crippen molar-refractivity contribution in [2.45, 2.75) is 25.1 Å². The molecule has 0 saturated carbocycles. The summed E-state index contributed by atoms with van der Waals surface area (Å²) in [6.45, 7) is 0.461. The molecule has 0 unspecified atom stereocenters. The monoisotopic (exact) mass is 530 g/mol. The Hall–Kier alpha value is -4.42. The van der Waals surface area contributed by atoms with Crippen molar-refractivity contribution in [2.75, 3.05) is 18.4 Å². The molecule has 2 aromatic carbocycles. The number of nitrogens with zero attached hydrogens (tertiary/aromatic N) is 4. The maximum absolute atomic E-state index is 14.7. The van der Waals surface area contributed by atoms with Gasteiger partial charge >= 0.3 is 6.18 Å². The van der Waals surface area contributed by atoms with E-state index in [1.54, 1.807) is 0 Å². The van der Waals surface area contributed by atoms with Crippen LogP contribution in [-0.4, -0.2) is 50.1 Å². The first-order chi connectivity index (χ1) is 18.1. The van der Waals surface area contributed by atoms with Gasteiger partial charge in [0, 0.05) is 43.3 Å². The predicted octanol–water partition coefficient (Wildman–Crippen LogP) is 3.93. The molecule has 38 heavy (non-hydrogen) atoms. The normalized spacial score (nSPS) is 15.7. The van der Waals surface area contributed by atoms with Gasteiger partial charge in [0.1, 0.15) is 11.6 Å². The molecule has 0 aliphatic carbocycles. The second-order valence-corrected chi connectivity index (χ2v) is 8.85. The molecule has 1 aliphatic rings. The van der Waals surface area contributed by atoms with Gasteiger partial charge < -0.3 is 10.2 Å². The highest BCUT2D eigenvalue weighted by Crippen LogP contribution is 2.28. The number of aromatic amines is 1. The number of benzene rings is 2. The van der Waals surface area contributed by atoms with Crippen LogP contribution in [0.2, 0.25) is 0 Å². The minimum atomic E-state index is -4.55. The van der Waals surface area contributed by atoms with Gasteiger partial charge in [-0.15, -0.1) is 0 Å². The van der Waals surface area contributed by atoms with E-state index in [0.717, 1.165) is 12.1 Å². The van der Waals surface area contributed by atoms with E-state index in [4.69, 9.17) is 0 Å². The summed E-state index contributed by atoms with van der Waals surface area (Å²) in [5.74, 6) is -1.85. The molecule has 13 heteroatoms. The third kappa shape index (κ3) is 5.17. The molecule has 0 bridgehead atoms. The van der Waals surface area contributed by atoms with Gasteiger partial charge in [-0.25, -0.2) is 23.8 Å². The number of rotatable bonds is 5. The van der Waals surface area contributed by atoms with Gasteiger partial charge in [0.15, 0.2) is 0 Å². The zero-order valence-electron chi connectivity index (χ0n) is 19.5. The summed E-state index contributed by atoms with van der Waals surface area (Å²) in [7, 11) is 0. The summed E-state index contributed by atoms with van der Waals surface area (Å²) in [6.07, 6.45) is -2.60. The van der Waals surface area contributed by atoms with Crippen molar-refractivity contribution < 1.29 is 26.7 Å². The fraction of sp³-hybridized carbons (Fsp3) is 0.240. The first kappa shape index (κ1) is 25.2. The second kappa shape index (κ2) is 9.80. The lowest BCUT2D eigenvalue weighted by Crippen LogP contribution is -2.32. The molecule has 5 rings (SSSR count). The minimum Gasteiger partial charge on any atom is -0.350 e. The molecule has 1 atom stereocenters. The number of alkyl halides is 3. The first-order valence-electron chi connectivity index (χ1n) is 11.5. The van der Waals surface area contributed by atoms with Crippen LogP contribution in [0.1, 0.15) is 33.6 Å². The molecule has 2 N–H and O–H groups in total. The zero-order chi connectivity index (χ0) is 27.0. The molecule has 0 radical (unpaired) electrons. The second-order valence-electron chi connectivity index (χ2n) is 8.85. The van der Waals surface area contributed by atoms with Crippen molar-refractivity contribution in [3.05, 3.63) is 93.2 Å². The lowest BCUT2D eigenvalue weighted by molar-refractivity contribution is -0.138. The quantitative estimate of drug-likeness (QED) is 0.379. The summed E-state index contributed by atoms with van der Waals surface area (Å²) in [5, 5.41) is 9.83. The van der Waals surface area contributed by atoms with Crippen molar-refractivity contribution in [2.24, 2.45) is 0 Å². The van der Waals surface area contributed by atoms with Crippen molar-refractivity contribution in [3.63, 3.8) is 0 Å². The van der Waals surface area contributed by atoms with Crippen LogP contribution in [0.5, 0.6) is 0 Å². The standard InChI is InChI=1S/C25H19F5N6O2/c26-15-2-3-17-18(9-15)22(37)35-34-21(17)8-13-1-4-20(27)19(7-13)23(38)36-6-5-16(12-36)33-24-31-10-14(11-32-24)25(28,29)30/h1-4,7,9-11,16H,5-6,8,12H2,(H,35,37)(H,31,32,33)/t16-/m1/s1. The molecule has 4 aromatic rings. The smallest absolute Gasteiger partial charge is 0.350 e. The fourth-order valence-electron chi connectivity index (χ4n) is 4.33. The molecule has 1 saturated heterocycles. The summed E-state index contributed by atoms with van der Waals surface area (Å²) < 4.78 is 66.4. The Morgan fingerprint density at radius 2 is 1.84 bits per heavy atom. The van der Waals surface area contributed by atoms with Gasteiger partial charge in [0.05, 0.1) is 22.2 Å². The van der Waals surface area contributed by atoms with Gasteiger partial charge in [0.25, 0.3) is 11.5 Å². The van der Waals surface area contributed by atoms with E-state index >= 15 is 0 Å². The molecule has 1 aliphatic heterocycles. The number of anilines is 1. The molecule has 1 amide bonds. The fourth-order valence-corrected chi connectivity index (χ4v) is 4.33. The molecular formula is C25H19F5N6O2. The minimum absolute atomic E-state index is 0.00835. The third-order valence-electron chi connectivity index (χ3n) is 6.25. The van der Waals surface area contributed by atoms with Gasteiger partial charge in [-0.3, -0.25) is 9.59 Å². The lowest BCUT2D eigenvalue weighted by Gasteiger charge is -2.18. The number of H-pyrrole nitrogens is 1. The van der Waals surface area contributed by atoms with E-state index in [1.807, 2.05) is 0 Å². The van der Waals surface area contributed by atoms with E-state index < -0.39 is 34.8 Å². The Kier molecular flexibility index (Phi) is 6.51. The molecule has 3 heterocycles. The molecule has 1 fully saturated rings. The van der Waals surface area contributed by atoms with Crippen LogP contribution < -0.4 is 10.9 Å². The Morgan fingerprint density at radius 3 is 2.58 bits per heavy atom. The molecule has 196 valence electrons. The summed E-state index contributed by atoms with van der Waals surface area (Å²) in [5.41, 5.74) is -0.705. The van der Waals surface area contributed by atoms with Crippen molar-refractivity contribution in [1.82, 2.24) is 25.1 Å². The number of nitrogens with one attached hydrogen (secondary N) is 2. The maximum Gasteiger partial charge on any atom is 0.419 e. The van der Waals surface area contributed by atoms with Gasteiger partial charge in [0.2, 0.25) is 5.95 Å². The molecule has 0 spiro atoms. The zero-order valence-corrected chi connectivity index (χ0v) is 19.5. The van der Waals surface area contributed by atoms with Crippen molar-refractivity contribution in [3.8, 4) is 0 Å². The Balaban J connectivity index is 1.30. The Bertz CT molecular complexity index is 1570. The van der Waals surface area contributed by atoms with Crippen molar-refractivity contribution in [1.29, 1.82) is 0 Å². The number of aromatic nitrogens is 4. The van der Waals surface area contributed by atoms with Crippen LogP contribution in [0.25, 0.3) is 10.8 Å². The predicted molar refractivity (Wildman–Crippen MR) is 126 cm³/mol. The van der Waals surface area contributed by atoms with E-state index in [2.05, 4.69) is 25.5 Å². The number of hydrogen-bond donors (Lipinski definition) is 2. The number of carbonyl (C=O) groups excluding carboxylic acids is 1. The average Bonchev–Trinajstić information content (AvgIpc) is 3.35. The van der Waals surface area contributed by atoms with Gasteiger partial charge in [-0.2, -0.15) is 18.3 Å². The number of fused-ring (bicyclic) bond motifs is 1. The van der Waals surface area contributed by atoms with Crippen LogP contribution >= 0.6 is 0 Å². The van der Waals surface area contributed by atoms with Gasteiger partial charge in [-0.1, -0.05) is 6.07 Å². The van der Waals surface area contributed by atoms with E-state index in [-0.39, 0.29) is 35.9 Å². The summed E-state index contributed by atoms with van der Waals surface area (Å²) in [6, 6.07) is 7.48. The Labute approximate surface area is 211 Å². The number of carbonyl (C=O) groups is 1. The van der Waals surface area contributed by atoms with E-state index in [9.17, 15) is 31.5 Å². The van der Waals surface area contributed by atoms with Crippen LogP contribution in [0.15, 0.2) is 53.6 Å². The van der Waals surface area contributed by atoms with Crippen LogP contribution in [0, 0.1) is 11.6 Å². The maximum atomic E-state index is 14.7.